The molecule has 42 heavy (non-hydrogen) atoms. The SMILES string of the molecule is CCN1C(=O)[C@H]2[C@H](CC=C3[C@H]2C[C@H]2C(=O)N(c4ccc(F)c(Cl)c4)C(=O)[C@@]2(C)[C@H]3c2cc(OC)c(O)c(Br)c2Br)C1=O. The molecule has 3 fully saturated rings. The zero-order chi connectivity index (χ0) is 30.4. The molecule has 1 saturated carbocycles. The van der Waals surface area contributed by atoms with Crippen molar-refractivity contribution >= 4 is 72.8 Å². The van der Waals surface area contributed by atoms with E-state index in [-0.39, 0.29) is 47.0 Å². The predicted molar refractivity (Wildman–Crippen MR) is 158 cm³/mol. The summed E-state index contributed by atoms with van der Waals surface area (Å²) in [4.78, 5) is 57.8. The van der Waals surface area contributed by atoms with Crippen LogP contribution in [0.4, 0.5) is 10.1 Å². The van der Waals surface area contributed by atoms with E-state index >= 15 is 0 Å². The summed E-state index contributed by atoms with van der Waals surface area (Å²) >= 11 is 13.1. The Morgan fingerprint density at radius 3 is 2.45 bits per heavy atom. The van der Waals surface area contributed by atoms with E-state index in [1.165, 1.54) is 24.1 Å². The number of amides is 4. The molecule has 2 heterocycles. The second-order valence-corrected chi connectivity index (χ2v) is 13.3. The van der Waals surface area contributed by atoms with Crippen molar-refractivity contribution in [2.45, 2.75) is 32.6 Å². The van der Waals surface area contributed by atoms with Gasteiger partial charge < -0.3 is 9.84 Å². The van der Waals surface area contributed by atoms with E-state index in [1.807, 2.05) is 6.08 Å². The Kier molecular flexibility index (Phi) is 7.09. The topological polar surface area (TPSA) is 104 Å². The quantitative estimate of drug-likeness (QED) is 0.308. The molecule has 6 atom stereocenters. The number of carbonyl (C=O) groups excluding carboxylic acids is 4. The van der Waals surface area contributed by atoms with Gasteiger partial charge >= 0.3 is 0 Å². The Balaban J connectivity index is 1.58. The first kappa shape index (κ1) is 29.3. The van der Waals surface area contributed by atoms with Crippen molar-refractivity contribution in [2.24, 2.45) is 29.1 Å². The third kappa shape index (κ3) is 3.81. The van der Waals surface area contributed by atoms with E-state index in [4.69, 9.17) is 16.3 Å². The highest BCUT2D eigenvalue weighted by Crippen LogP contribution is 2.65. The van der Waals surface area contributed by atoms with Crippen molar-refractivity contribution in [3.8, 4) is 11.5 Å². The number of likely N-dealkylation sites (tertiary alicyclic amines) is 1. The van der Waals surface area contributed by atoms with E-state index in [0.717, 1.165) is 16.5 Å². The highest BCUT2D eigenvalue weighted by Gasteiger charge is 2.67. The maximum atomic E-state index is 14.5. The molecule has 2 saturated heterocycles. The van der Waals surface area contributed by atoms with Crippen LogP contribution in [0.15, 0.2) is 44.9 Å². The van der Waals surface area contributed by atoms with Gasteiger partial charge in [0.15, 0.2) is 11.5 Å². The first-order valence-electron chi connectivity index (χ1n) is 13.5. The first-order valence-corrected chi connectivity index (χ1v) is 15.5. The minimum Gasteiger partial charge on any atom is -0.503 e. The average molecular weight is 725 g/mol. The number of phenolic OH excluding ortho intramolecular Hbond substituents is 1. The summed E-state index contributed by atoms with van der Waals surface area (Å²) in [5, 5.41) is 10.5. The molecule has 2 aromatic carbocycles. The van der Waals surface area contributed by atoms with Gasteiger partial charge in [0, 0.05) is 16.9 Å². The van der Waals surface area contributed by atoms with E-state index in [9.17, 15) is 28.7 Å². The Labute approximate surface area is 263 Å². The lowest BCUT2D eigenvalue weighted by atomic mass is 9.51. The van der Waals surface area contributed by atoms with Crippen LogP contribution in [0.2, 0.25) is 5.02 Å². The van der Waals surface area contributed by atoms with Gasteiger partial charge in [-0.05, 0) is 94.3 Å². The fraction of sp³-hybridized carbons (Fsp3) is 0.400. The molecule has 4 aliphatic rings. The zero-order valence-electron chi connectivity index (χ0n) is 22.8. The number of nitrogens with zero attached hydrogens (tertiary/aromatic N) is 2. The highest BCUT2D eigenvalue weighted by atomic mass is 79.9. The number of allylic oxidation sites excluding steroid dienone is 2. The van der Waals surface area contributed by atoms with Crippen molar-refractivity contribution in [2.75, 3.05) is 18.6 Å². The third-order valence-corrected chi connectivity index (χ3v) is 12.0. The van der Waals surface area contributed by atoms with Crippen LogP contribution in [0, 0.1) is 34.9 Å². The van der Waals surface area contributed by atoms with Gasteiger partial charge in [-0.1, -0.05) is 23.3 Å². The molecule has 2 aliphatic carbocycles. The molecule has 0 bridgehead atoms. The van der Waals surface area contributed by atoms with Crippen LogP contribution < -0.4 is 9.64 Å². The molecule has 12 heteroatoms. The lowest BCUT2D eigenvalue weighted by Crippen LogP contribution is -2.49. The number of phenols is 1. The zero-order valence-corrected chi connectivity index (χ0v) is 26.7. The van der Waals surface area contributed by atoms with Gasteiger partial charge in [0.25, 0.3) is 0 Å². The lowest BCUT2D eigenvalue weighted by Gasteiger charge is -2.49. The predicted octanol–water partition coefficient (Wildman–Crippen LogP) is 5.97. The largest absolute Gasteiger partial charge is 0.503 e. The van der Waals surface area contributed by atoms with Crippen molar-refractivity contribution in [3.63, 3.8) is 0 Å². The fourth-order valence-electron chi connectivity index (χ4n) is 7.58. The summed E-state index contributed by atoms with van der Waals surface area (Å²) in [7, 11) is 1.41. The molecule has 1 N–H and O–H groups in total. The summed E-state index contributed by atoms with van der Waals surface area (Å²) in [6.45, 7) is 3.74. The second kappa shape index (κ2) is 10.2. The number of carbonyl (C=O) groups is 4. The second-order valence-electron chi connectivity index (χ2n) is 11.3. The van der Waals surface area contributed by atoms with Crippen LogP contribution in [0.25, 0.3) is 0 Å². The van der Waals surface area contributed by atoms with Crippen molar-refractivity contribution < 1.29 is 33.4 Å². The number of fused-ring (bicyclic) bond motifs is 4. The van der Waals surface area contributed by atoms with Crippen LogP contribution in [0.1, 0.15) is 38.2 Å². The number of ether oxygens (including phenoxy) is 1. The molecule has 8 nitrogen and oxygen atoms in total. The van der Waals surface area contributed by atoms with Crippen molar-refractivity contribution in [3.05, 3.63) is 61.3 Å². The van der Waals surface area contributed by atoms with Crippen LogP contribution in [-0.4, -0.2) is 47.3 Å². The number of rotatable bonds is 4. The molecular weight excluding hydrogens is 699 g/mol. The molecule has 220 valence electrons. The Morgan fingerprint density at radius 2 is 1.81 bits per heavy atom. The summed E-state index contributed by atoms with van der Waals surface area (Å²) in [5.41, 5.74) is 0.165. The van der Waals surface area contributed by atoms with Crippen LogP contribution in [0.3, 0.4) is 0 Å². The maximum absolute atomic E-state index is 14.5. The molecule has 2 aliphatic heterocycles. The van der Waals surface area contributed by atoms with Crippen LogP contribution >= 0.6 is 43.5 Å². The Bertz CT molecular complexity index is 1630. The van der Waals surface area contributed by atoms with Gasteiger partial charge in [0.2, 0.25) is 23.6 Å². The van der Waals surface area contributed by atoms with E-state index in [0.29, 0.717) is 20.9 Å². The monoisotopic (exact) mass is 722 g/mol. The average Bonchev–Trinajstić information content (AvgIpc) is 3.33. The van der Waals surface area contributed by atoms with E-state index in [1.54, 1.807) is 19.9 Å². The standard InChI is InChI=1S/C30H26Br2ClFN2O6/c1-4-35-26(38)14-7-6-13-15(21(14)28(35)40)10-17-27(39)36(12-5-8-19(34)18(33)9-12)29(41)30(17,2)22(13)16-11-20(42-3)25(37)24(32)23(16)31/h5-6,8-9,11,14-15,17,21-22,37H,4,7,10H2,1-3H3/t14-,15+,17-,21-,22+,30+/m0/s1. The molecular formula is C30H26Br2ClFN2O6. The number of imide groups is 2. The summed E-state index contributed by atoms with van der Waals surface area (Å²) in [6, 6.07) is 5.32. The van der Waals surface area contributed by atoms with Gasteiger partial charge in [-0.2, -0.15) is 0 Å². The first-order chi connectivity index (χ1) is 19.9. The van der Waals surface area contributed by atoms with Crippen molar-refractivity contribution in [1.82, 2.24) is 4.90 Å². The smallest absolute Gasteiger partial charge is 0.241 e. The Hall–Kier alpha value is -2.76. The van der Waals surface area contributed by atoms with E-state index in [2.05, 4.69) is 31.9 Å². The van der Waals surface area contributed by atoms with Gasteiger partial charge in [0.05, 0.1) is 45.5 Å². The molecule has 0 aromatic heterocycles. The molecule has 0 spiro atoms. The lowest BCUT2D eigenvalue weighted by molar-refractivity contribution is -0.140. The Morgan fingerprint density at radius 1 is 1.10 bits per heavy atom. The van der Waals surface area contributed by atoms with Gasteiger partial charge in [-0.3, -0.25) is 24.1 Å². The van der Waals surface area contributed by atoms with Crippen LogP contribution in [-0.2, 0) is 19.2 Å². The molecule has 4 amide bonds. The van der Waals surface area contributed by atoms with Crippen LogP contribution in [0.5, 0.6) is 11.5 Å². The minimum absolute atomic E-state index is 0.147. The van der Waals surface area contributed by atoms with Gasteiger partial charge in [-0.15, -0.1) is 0 Å². The number of hydrogen-bond acceptors (Lipinski definition) is 6. The maximum Gasteiger partial charge on any atom is 0.241 e. The fourth-order valence-corrected chi connectivity index (χ4v) is 8.71. The third-order valence-electron chi connectivity index (χ3n) is 9.55. The highest BCUT2D eigenvalue weighted by molar-refractivity contribution is 9.13. The summed E-state index contributed by atoms with van der Waals surface area (Å²) in [6.07, 6.45) is 2.44. The van der Waals surface area contributed by atoms with E-state index < -0.39 is 52.6 Å². The van der Waals surface area contributed by atoms with Crippen molar-refractivity contribution in [1.29, 1.82) is 0 Å². The molecule has 2 aromatic rings. The molecule has 0 radical (unpaired) electrons. The number of halogens is 4. The number of hydrogen-bond donors (Lipinski definition) is 1. The number of aromatic hydroxyl groups is 1. The number of anilines is 1. The minimum atomic E-state index is -1.34. The molecule has 0 unspecified atom stereocenters. The normalized spacial score (nSPS) is 30.4. The molecule has 6 rings (SSSR count). The van der Waals surface area contributed by atoms with Gasteiger partial charge in [0.1, 0.15) is 5.82 Å². The number of methoxy groups -OCH3 is 1. The van der Waals surface area contributed by atoms with Gasteiger partial charge in [-0.25, -0.2) is 9.29 Å². The number of benzene rings is 2. The summed E-state index contributed by atoms with van der Waals surface area (Å²) < 4.78 is 20.3. The summed E-state index contributed by atoms with van der Waals surface area (Å²) in [5.74, 6) is -5.45.